The van der Waals surface area contributed by atoms with Crippen molar-refractivity contribution in [3.05, 3.63) is 95.2 Å². The first-order valence-electron chi connectivity index (χ1n) is 12.0. The number of hydrogen-bond acceptors (Lipinski definition) is 9. The van der Waals surface area contributed by atoms with E-state index in [1.54, 1.807) is 31.2 Å². The number of benzene rings is 3. The zero-order chi connectivity index (χ0) is 28.7. The SMILES string of the molecule is CCC(/C=C1\Oc2ccc(Cl)cc2N1CS(=O)(=O)[O-])=C\c1oc2ccc(-c3ccccc3)cc2[n+]1CS(=O)(=O)[O-].[K+]. The van der Waals surface area contributed by atoms with Crippen LogP contribution in [0.5, 0.6) is 5.75 Å². The standard InChI is InChI=1S/C27H23ClN2O8S2.K/c1-2-18(13-27-30(17-40(34,35)36)23-15-21(28)9-11-25(23)38-27)12-26-29(16-39(31,32)33)22-14-20(8-10-24(22)37-26)19-6-4-3-5-7-19;/h3-15H,2,16-17H2,1H3,(H-,31,32,33,34,35,36);/q;+1/p-1. The summed E-state index contributed by atoms with van der Waals surface area (Å²) in [5.74, 6) is -1.34. The smallest absolute Gasteiger partial charge is 0.747 e. The number of nitrogens with zero attached hydrogens (tertiary/aromatic N) is 2. The van der Waals surface area contributed by atoms with Crippen LogP contribution >= 0.6 is 11.6 Å². The minimum absolute atomic E-state index is 0. The summed E-state index contributed by atoms with van der Waals surface area (Å²) in [6.45, 7) is 1.81. The van der Waals surface area contributed by atoms with Gasteiger partial charge in [-0.05, 0) is 47.4 Å². The topological polar surface area (TPSA) is 144 Å². The van der Waals surface area contributed by atoms with Crippen LogP contribution < -0.4 is 65.6 Å². The van der Waals surface area contributed by atoms with E-state index in [-0.39, 0.29) is 63.2 Å². The van der Waals surface area contributed by atoms with Gasteiger partial charge in [-0.2, -0.15) is 0 Å². The van der Waals surface area contributed by atoms with Crippen molar-refractivity contribution in [1.82, 2.24) is 0 Å². The minimum atomic E-state index is -4.71. The molecule has 0 amide bonds. The molecule has 4 aromatic rings. The van der Waals surface area contributed by atoms with E-state index < -0.39 is 32.0 Å². The molecule has 1 aliphatic rings. The molecular weight excluding hydrogens is 619 g/mol. The molecule has 208 valence electrons. The largest absolute Gasteiger partial charge is 1.00 e. The van der Waals surface area contributed by atoms with E-state index in [4.69, 9.17) is 20.8 Å². The maximum Gasteiger partial charge on any atom is 1.00 e. The van der Waals surface area contributed by atoms with E-state index >= 15 is 0 Å². The van der Waals surface area contributed by atoms with Crippen molar-refractivity contribution in [3.8, 4) is 16.9 Å². The van der Waals surface area contributed by atoms with E-state index in [1.807, 2.05) is 36.4 Å². The van der Waals surface area contributed by atoms with Crippen LogP contribution in [0.3, 0.4) is 0 Å². The molecule has 1 aliphatic heterocycles. The number of ether oxygens (including phenoxy) is 1. The second-order valence-corrected chi connectivity index (χ2v) is 12.2. The zero-order valence-electron chi connectivity index (χ0n) is 22.0. The summed E-state index contributed by atoms with van der Waals surface area (Å²) >= 11 is 6.08. The molecule has 2 heterocycles. The number of anilines is 1. The molecule has 0 radical (unpaired) electrons. The number of hydrogen-bond donors (Lipinski definition) is 0. The molecule has 0 fully saturated rings. The molecule has 0 saturated carbocycles. The molecule has 0 unspecified atom stereocenters. The molecule has 41 heavy (non-hydrogen) atoms. The van der Waals surface area contributed by atoms with Gasteiger partial charge >= 0.3 is 57.3 Å². The van der Waals surface area contributed by atoms with Crippen molar-refractivity contribution in [2.45, 2.75) is 19.2 Å². The Morgan fingerprint density at radius 1 is 0.976 bits per heavy atom. The first-order chi connectivity index (χ1) is 18.9. The molecule has 14 heteroatoms. The Kier molecular flexibility index (Phi) is 9.86. The van der Waals surface area contributed by atoms with Crippen molar-refractivity contribution < 1.29 is 91.0 Å². The summed E-state index contributed by atoms with van der Waals surface area (Å²) in [5.41, 5.74) is 3.28. The van der Waals surface area contributed by atoms with Crippen LogP contribution in [0.25, 0.3) is 28.3 Å². The summed E-state index contributed by atoms with van der Waals surface area (Å²) in [5, 5.41) is 0.320. The molecule has 0 bridgehead atoms. The number of halogens is 1. The van der Waals surface area contributed by atoms with Crippen LogP contribution in [0.15, 0.2) is 88.7 Å². The molecule has 0 N–H and O–H groups in total. The van der Waals surface area contributed by atoms with Crippen LogP contribution in [0.1, 0.15) is 19.2 Å². The molecule has 0 spiro atoms. The van der Waals surface area contributed by atoms with Crippen molar-refractivity contribution in [3.63, 3.8) is 0 Å². The van der Waals surface area contributed by atoms with Gasteiger partial charge in [-0.25, -0.2) is 16.8 Å². The third-order valence-electron chi connectivity index (χ3n) is 6.13. The summed E-state index contributed by atoms with van der Waals surface area (Å²) in [4.78, 5) is 1.19. The predicted molar refractivity (Wildman–Crippen MR) is 147 cm³/mol. The van der Waals surface area contributed by atoms with Crippen LogP contribution in [0.4, 0.5) is 5.69 Å². The quantitative estimate of drug-likeness (QED) is 0.159. The number of rotatable bonds is 8. The molecule has 0 aliphatic carbocycles. The van der Waals surface area contributed by atoms with Crippen molar-refractivity contribution in [1.29, 1.82) is 0 Å². The average Bonchev–Trinajstić information content (AvgIpc) is 3.38. The third kappa shape index (κ3) is 7.68. The van der Waals surface area contributed by atoms with Gasteiger partial charge in [0.25, 0.3) is 5.52 Å². The normalized spacial score (nSPS) is 14.7. The molecule has 10 nitrogen and oxygen atoms in total. The number of aromatic nitrogens is 1. The third-order valence-corrected chi connectivity index (χ3v) is 7.51. The number of allylic oxidation sites excluding steroid dienone is 2. The summed E-state index contributed by atoms with van der Waals surface area (Å²) in [6.07, 6.45) is 3.42. The van der Waals surface area contributed by atoms with E-state index in [0.29, 0.717) is 39.6 Å². The van der Waals surface area contributed by atoms with Gasteiger partial charge in [0.2, 0.25) is 17.3 Å². The monoisotopic (exact) mass is 640 g/mol. The second kappa shape index (κ2) is 12.7. The summed E-state index contributed by atoms with van der Waals surface area (Å²) in [6, 6.07) is 19.3. The molecule has 5 rings (SSSR count). The van der Waals surface area contributed by atoms with E-state index in [1.165, 1.54) is 27.7 Å². The van der Waals surface area contributed by atoms with Gasteiger partial charge in [0.05, 0.1) is 11.8 Å². The van der Waals surface area contributed by atoms with Gasteiger partial charge in [-0.15, -0.1) is 4.57 Å². The van der Waals surface area contributed by atoms with Crippen molar-refractivity contribution >= 4 is 54.7 Å². The van der Waals surface area contributed by atoms with Gasteiger partial charge in [0.15, 0.2) is 15.9 Å². The Hall–Kier alpha value is -2.04. The van der Waals surface area contributed by atoms with Gasteiger partial charge in [-0.1, -0.05) is 54.9 Å². The zero-order valence-corrected chi connectivity index (χ0v) is 27.5. The van der Waals surface area contributed by atoms with Crippen LogP contribution in [0, 0.1) is 0 Å². The summed E-state index contributed by atoms with van der Waals surface area (Å²) < 4.78 is 83.5. The maximum absolute atomic E-state index is 11.8. The van der Waals surface area contributed by atoms with Gasteiger partial charge < -0.3 is 18.3 Å². The van der Waals surface area contributed by atoms with Gasteiger partial charge in [0, 0.05) is 17.2 Å². The van der Waals surface area contributed by atoms with E-state index in [9.17, 15) is 25.9 Å². The Morgan fingerprint density at radius 3 is 2.37 bits per heavy atom. The minimum Gasteiger partial charge on any atom is -0.747 e. The van der Waals surface area contributed by atoms with Gasteiger partial charge in [-0.3, -0.25) is 4.90 Å². The Labute approximate surface area is 284 Å². The van der Waals surface area contributed by atoms with E-state index in [0.717, 1.165) is 11.1 Å². The van der Waals surface area contributed by atoms with Crippen LogP contribution in [-0.2, 0) is 26.1 Å². The molecule has 0 atom stereocenters. The predicted octanol–water partition coefficient (Wildman–Crippen LogP) is 1.58. The fourth-order valence-electron chi connectivity index (χ4n) is 4.35. The number of fused-ring (bicyclic) bond motifs is 2. The fraction of sp³-hybridized carbons (Fsp3) is 0.148. The maximum atomic E-state index is 11.8. The average molecular weight is 641 g/mol. The molecular formula is C27H22ClKN2O8S2. The van der Waals surface area contributed by atoms with E-state index in [2.05, 4.69) is 0 Å². The summed E-state index contributed by atoms with van der Waals surface area (Å²) in [7, 11) is -9.41. The number of oxazole rings is 1. The first kappa shape index (κ1) is 31.9. The van der Waals surface area contributed by atoms with Crippen LogP contribution in [0.2, 0.25) is 5.02 Å². The Morgan fingerprint density at radius 2 is 1.71 bits per heavy atom. The van der Waals surface area contributed by atoms with Crippen molar-refractivity contribution in [2.75, 3.05) is 10.8 Å². The molecule has 3 aromatic carbocycles. The van der Waals surface area contributed by atoms with Gasteiger partial charge in [0.1, 0.15) is 16.0 Å². The molecule has 0 saturated heterocycles. The van der Waals surface area contributed by atoms with Crippen LogP contribution in [-0.4, -0.2) is 31.8 Å². The Bertz CT molecular complexity index is 1890. The van der Waals surface area contributed by atoms with Crippen molar-refractivity contribution in [2.24, 2.45) is 0 Å². The molecule has 1 aromatic heterocycles. The first-order valence-corrected chi connectivity index (χ1v) is 15.5. The second-order valence-electron chi connectivity index (χ2n) is 8.99. The Balaban J connectivity index is 0.00000387. The fourth-order valence-corrected chi connectivity index (χ4v) is 5.68.